The maximum absolute atomic E-state index is 12.6. The van der Waals surface area contributed by atoms with Crippen LogP contribution in [0.5, 0.6) is 11.6 Å². The maximum Gasteiger partial charge on any atom is 0.416 e. The van der Waals surface area contributed by atoms with Crippen molar-refractivity contribution in [3.05, 3.63) is 52.7 Å². The summed E-state index contributed by atoms with van der Waals surface area (Å²) in [5, 5.41) is -0.339. The Morgan fingerprint density at radius 2 is 1.81 bits per heavy atom. The van der Waals surface area contributed by atoms with Gasteiger partial charge in [0.15, 0.2) is 0 Å². The number of hydrogen-bond acceptors (Lipinski definition) is 3. The van der Waals surface area contributed by atoms with E-state index in [1.165, 1.54) is 24.3 Å². The van der Waals surface area contributed by atoms with Gasteiger partial charge in [-0.25, -0.2) is 4.98 Å². The lowest BCUT2D eigenvalue weighted by atomic mass is 10.2. The van der Waals surface area contributed by atoms with Gasteiger partial charge in [0.2, 0.25) is 11.8 Å². The SMILES string of the molecule is NC(=O)c1ccc(Oc2cc(C(F)(F)F)cc(Cl)n2)cc1. The molecule has 0 bridgehead atoms. The number of aromatic nitrogens is 1. The number of carbonyl (C=O) groups is 1. The standard InChI is InChI=1S/C13H8ClF3N2O2/c14-10-5-8(13(15,16)17)6-11(19-10)21-9-3-1-7(2-4-9)12(18)20/h1-6H,(H2,18,20). The summed E-state index contributed by atoms with van der Waals surface area (Å²) in [6.45, 7) is 0. The molecule has 0 fully saturated rings. The predicted octanol–water partition coefficient (Wildman–Crippen LogP) is 3.65. The van der Waals surface area contributed by atoms with E-state index in [-0.39, 0.29) is 22.3 Å². The first-order valence-corrected chi connectivity index (χ1v) is 5.96. The minimum absolute atomic E-state index is 0.197. The predicted molar refractivity (Wildman–Crippen MR) is 69.3 cm³/mol. The molecule has 0 unspecified atom stereocenters. The summed E-state index contributed by atoms with van der Waals surface area (Å²) in [4.78, 5) is 14.5. The van der Waals surface area contributed by atoms with Gasteiger partial charge in [0, 0.05) is 11.6 Å². The zero-order valence-corrected chi connectivity index (χ0v) is 11.1. The van der Waals surface area contributed by atoms with Crippen LogP contribution in [-0.2, 0) is 6.18 Å². The molecule has 0 saturated carbocycles. The number of amides is 1. The molecule has 0 aliphatic heterocycles. The van der Waals surface area contributed by atoms with E-state index in [0.29, 0.717) is 6.07 Å². The van der Waals surface area contributed by atoms with Crippen LogP contribution in [0.25, 0.3) is 0 Å². The number of nitrogens with two attached hydrogens (primary N) is 1. The highest BCUT2D eigenvalue weighted by molar-refractivity contribution is 6.29. The summed E-state index contributed by atoms with van der Waals surface area (Å²) in [6.07, 6.45) is -4.56. The van der Waals surface area contributed by atoms with Gasteiger partial charge in [-0.05, 0) is 30.3 Å². The van der Waals surface area contributed by atoms with Crippen molar-refractivity contribution in [2.24, 2.45) is 5.73 Å². The molecule has 8 heteroatoms. The number of rotatable bonds is 3. The Morgan fingerprint density at radius 1 is 1.19 bits per heavy atom. The molecule has 2 N–H and O–H groups in total. The van der Waals surface area contributed by atoms with Gasteiger partial charge in [0.25, 0.3) is 0 Å². The van der Waals surface area contributed by atoms with Crippen LogP contribution >= 0.6 is 11.6 Å². The van der Waals surface area contributed by atoms with Crippen molar-refractivity contribution in [3.63, 3.8) is 0 Å². The first-order chi connectivity index (χ1) is 9.75. The number of carbonyl (C=O) groups excluding carboxylic acids is 1. The lowest BCUT2D eigenvalue weighted by Gasteiger charge is -2.10. The second-order valence-corrected chi connectivity index (χ2v) is 4.39. The summed E-state index contributed by atoms with van der Waals surface area (Å²) in [5.74, 6) is -0.730. The third-order valence-electron chi connectivity index (χ3n) is 2.46. The molecular formula is C13H8ClF3N2O2. The van der Waals surface area contributed by atoms with Gasteiger partial charge in [-0.3, -0.25) is 4.79 Å². The first-order valence-electron chi connectivity index (χ1n) is 5.58. The summed E-state index contributed by atoms with van der Waals surface area (Å²) < 4.78 is 43.1. The maximum atomic E-state index is 12.6. The Labute approximate surface area is 122 Å². The molecule has 0 aliphatic carbocycles. The van der Waals surface area contributed by atoms with E-state index in [2.05, 4.69) is 4.98 Å². The zero-order chi connectivity index (χ0) is 15.6. The molecular weight excluding hydrogens is 309 g/mol. The lowest BCUT2D eigenvalue weighted by molar-refractivity contribution is -0.137. The largest absolute Gasteiger partial charge is 0.439 e. The fourth-order valence-corrected chi connectivity index (χ4v) is 1.70. The highest BCUT2D eigenvalue weighted by Crippen LogP contribution is 2.33. The Hall–Kier alpha value is -2.28. The number of halogens is 4. The van der Waals surface area contributed by atoms with Gasteiger partial charge in [0.05, 0.1) is 5.56 Å². The molecule has 110 valence electrons. The molecule has 0 aliphatic rings. The summed E-state index contributed by atoms with van der Waals surface area (Å²) in [6, 6.07) is 6.96. The van der Waals surface area contributed by atoms with Gasteiger partial charge in [0.1, 0.15) is 10.9 Å². The number of pyridine rings is 1. The monoisotopic (exact) mass is 316 g/mol. The fourth-order valence-electron chi connectivity index (χ4n) is 1.50. The molecule has 0 spiro atoms. The Morgan fingerprint density at radius 3 is 2.33 bits per heavy atom. The van der Waals surface area contributed by atoms with E-state index in [0.717, 1.165) is 6.07 Å². The second kappa shape index (κ2) is 5.61. The first kappa shape index (κ1) is 15.1. The second-order valence-electron chi connectivity index (χ2n) is 4.01. The average molecular weight is 317 g/mol. The third kappa shape index (κ3) is 3.85. The van der Waals surface area contributed by atoms with E-state index in [4.69, 9.17) is 22.1 Å². The number of nitrogens with zero attached hydrogens (tertiary/aromatic N) is 1. The van der Waals surface area contributed by atoms with E-state index < -0.39 is 17.6 Å². The Bertz CT molecular complexity index is 672. The van der Waals surface area contributed by atoms with Gasteiger partial charge >= 0.3 is 6.18 Å². The van der Waals surface area contributed by atoms with Gasteiger partial charge in [-0.1, -0.05) is 11.6 Å². The van der Waals surface area contributed by atoms with Crippen LogP contribution in [0.3, 0.4) is 0 Å². The van der Waals surface area contributed by atoms with E-state index in [1.807, 2.05) is 0 Å². The van der Waals surface area contributed by atoms with Crippen molar-refractivity contribution in [2.45, 2.75) is 6.18 Å². The number of hydrogen-bond donors (Lipinski definition) is 1. The number of alkyl halides is 3. The van der Waals surface area contributed by atoms with Crippen molar-refractivity contribution < 1.29 is 22.7 Å². The van der Waals surface area contributed by atoms with Crippen LogP contribution in [-0.4, -0.2) is 10.9 Å². The third-order valence-corrected chi connectivity index (χ3v) is 2.65. The number of primary amides is 1. The highest BCUT2D eigenvalue weighted by Gasteiger charge is 2.31. The van der Waals surface area contributed by atoms with Crippen LogP contribution < -0.4 is 10.5 Å². The van der Waals surface area contributed by atoms with Gasteiger partial charge in [-0.15, -0.1) is 0 Å². The quantitative estimate of drug-likeness (QED) is 0.879. The van der Waals surface area contributed by atoms with Crippen molar-refractivity contribution in [1.29, 1.82) is 0 Å². The molecule has 2 rings (SSSR count). The minimum Gasteiger partial charge on any atom is -0.439 e. The molecule has 2 aromatic rings. The molecule has 1 aromatic heterocycles. The highest BCUT2D eigenvalue weighted by atomic mass is 35.5. The van der Waals surface area contributed by atoms with Crippen LogP contribution in [0.2, 0.25) is 5.15 Å². The molecule has 1 heterocycles. The van der Waals surface area contributed by atoms with Crippen LogP contribution in [0.1, 0.15) is 15.9 Å². The smallest absolute Gasteiger partial charge is 0.416 e. The summed E-state index contributed by atoms with van der Waals surface area (Å²) in [7, 11) is 0. The van der Waals surface area contributed by atoms with Crippen LogP contribution in [0, 0.1) is 0 Å². The van der Waals surface area contributed by atoms with E-state index >= 15 is 0 Å². The molecule has 21 heavy (non-hydrogen) atoms. The Kier molecular flexibility index (Phi) is 4.04. The average Bonchev–Trinajstić information content (AvgIpc) is 2.37. The van der Waals surface area contributed by atoms with Crippen molar-refractivity contribution >= 4 is 17.5 Å². The van der Waals surface area contributed by atoms with Gasteiger partial charge < -0.3 is 10.5 Å². The lowest BCUT2D eigenvalue weighted by Crippen LogP contribution is -2.10. The summed E-state index contributed by atoms with van der Waals surface area (Å²) in [5.41, 5.74) is 4.35. The zero-order valence-electron chi connectivity index (χ0n) is 10.3. The number of ether oxygens (including phenoxy) is 1. The van der Waals surface area contributed by atoms with Crippen LogP contribution in [0.4, 0.5) is 13.2 Å². The normalized spacial score (nSPS) is 11.2. The van der Waals surface area contributed by atoms with Crippen molar-refractivity contribution in [3.8, 4) is 11.6 Å². The molecule has 0 atom stereocenters. The Balaban J connectivity index is 2.27. The minimum atomic E-state index is -4.56. The molecule has 1 amide bonds. The molecule has 0 saturated heterocycles. The van der Waals surface area contributed by atoms with E-state index in [9.17, 15) is 18.0 Å². The van der Waals surface area contributed by atoms with Crippen LogP contribution in [0.15, 0.2) is 36.4 Å². The molecule has 1 aromatic carbocycles. The van der Waals surface area contributed by atoms with Crippen molar-refractivity contribution in [1.82, 2.24) is 4.98 Å². The molecule has 0 radical (unpaired) electrons. The van der Waals surface area contributed by atoms with Gasteiger partial charge in [-0.2, -0.15) is 13.2 Å². The molecule has 4 nitrogen and oxygen atoms in total. The van der Waals surface area contributed by atoms with E-state index in [1.54, 1.807) is 0 Å². The topological polar surface area (TPSA) is 65.2 Å². The number of benzene rings is 1. The summed E-state index contributed by atoms with van der Waals surface area (Å²) >= 11 is 5.54. The van der Waals surface area contributed by atoms with Crippen molar-refractivity contribution in [2.75, 3.05) is 0 Å². The fraction of sp³-hybridized carbons (Fsp3) is 0.0769.